The van der Waals surface area contributed by atoms with E-state index in [0.717, 1.165) is 19.4 Å². The first kappa shape index (κ1) is 15.2. The molecule has 0 aromatic heterocycles. The summed E-state index contributed by atoms with van der Waals surface area (Å²) in [7, 11) is 2.01. The van der Waals surface area contributed by atoms with Crippen LogP contribution in [0.15, 0.2) is 30.3 Å². The van der Waals surface area contributed by atoms with Crippen LogP contribution < -0.4 is 5.32 Å². The van der Waals surface area contributed by atoms with Crippen LogP contribution in [-0.4, -0.2) is 19.8 Å². The Labute approximate surface area is 112 Å². The normalized spacial score (nSPS) is 14.7. The molecule has 1 aromatic carbocycles. The highest BCUT2D eigenvalue weighted by atomic mass is 16.5. The zero-order valence-corrected chi connectivity index (χ0v) is 12.1. The van der Waals surface area contributed by atoms with Crippen molar-refractivity contribution >= 4 is 0 Å². The smallest absolute Gasteiger partial charge is 0.0767 e. The second-order valence-electron chi connectivity index (χ2n) is 5.18. The van der Waals surface area contributed by atoms with Crippen LogP contribution in [0, 0.1) is 5.92 Å². The second-order valence-corrected chi connectivity index (χ2v) is 5.18. The molecule has 0 amide bonds. The minimum Gasteiger partial charge on any atom is -0.376 e. The molecule has 0 spiro atoms. The van der Waals surface area contributed by atoms with Crippen LogP contribution in [0.2, 0.25) is 0 Å². The van der Waals surface area contributed by atoms with E-state index >= 15 is 0 Å². The fourth-order valence-corrected chi connectivity index (χ4v) is 2.13. The molecule has 1 rings (SSSR count). The Morgan fingerprint density at radius 2 is 1.83 bits per heavy atom. The Bertz CT molecular complexity index is 310. The lowest BCUT2D eigenvalue weighted by molar-refractivity contribution is 0.0196. The molecule has 1 N–H and O–H groups in total. The van der Waals surface area contributed by atoms with Gasteiger partial charge in [-0.2, -0.15) is 0 Å². The van der Waals surface area contributed by atoms with E-state index in [1.165, 1.54) is 5.56 Å². The summed E-state index contributed by atoms with van der Waals surface area (Å²) >= 11 is 0. The van der Waals surface area contributed by atoms with Gasteiger partial charge in [0, 0.05) is 6.61 Å². The van der Waals surface area contributed by atoms with Crippen LogP contribution in [-0.2, 0) is 4.74 Å². The van der Waals surface area contributed by atoms with Crippen molar-refractivity contribution in [1.29, 1.82) is 0 Å². The Kier molecular flexibility index (Phi) is 6.99. The molecule has 1 aromatic rings. The van der Waals surface area contributed by atoms with Crippen molar-refractivity contribution in [2.24, 2.45) is 5.92 Å². The molecule has 0 fully saturated rings. The zero-order valence-electron chi connectivity index (χ0n) is 12.1. The zero-order chi connectivity index (χ0) is 13.4. The quantitative estimate of drug-likeness (QED) is 0.757. The van der Waals surface area contributed by atoms with Crippen LogP contribution in [0.25, 0.3) is 0 Å². The first-order valence-corrected chi connectivity index (χ1v) is 7.02. The van der Waals surface area contributed by atoms with Gasteiger partial charge < -0.3 is 10.1 Å². The predicted octanol–water partition coefficient (Wildman–Crippen LogP) is 3.79. The molecule has 2 nitrogen and oxygen atoms in total. The molecule has 2 unspecified atom stereocenters. The van der Waals surface area contributed by atoms with Crippen molar-refractivity contribution in [1.82, 2.24) is 5.32 Å². The standard InChI is InChI=1S/C16H27NO/c1-5-15(18-12-11-13(2)3)16(17-4)14-9-7-6-8-10-14/h6-10,13,15-17H,5,11-12H2,1-4H3. The average Bonchev–Trinajstić information content (AvgIpc) is 2.38. The number of benzene rings is 1. The molecule has 0 aliphatic carbocycles. The largest absolute Gasteiger partial charge is 0.376 e. The molecule has 102 valence electrons. The van der Waals surface area contributed by atoms with E-state index < -0.39 is 0 Å². The molecule has 0 radical (unpaired) electrons. The number of rotatable bonds is 8. The SMILES string of the molecule is CCC(OCCC(C)C)C(NC)c1ccccc1. The molecular formula is C16H27NO. The maximum atomic E-state index is 6.05. The van der Waals surface area contributed by atoms with E-state index in [4.69, 9.17) is 4.74 Å². The summed E-state index contributed by atoms with van der Waals surface area (Å²) in [6, 6.07) is 10.8. The van der Waals surface area contributed by atoms with E-state index in [1.54, 1.807) is 0 Å². The molecule has 2 atom stereocenters. The van der Waals surface area contributed by atoms with Crippen molar-refractivity contribution in [2.75, 3.05) is 13.7 Å². The highest BCUT2D eigenvalue weighted by molar-refractivity contribution is 5.20. The Morgan fingerprint density at radius 3 is 2.33 bits per heavy atom. The van der Waals surface area contributed by atoms with Gasteiger partial charge in [0.05, 0.1) is 12.1 Å². The predicted molar refractivity (Wildman–Crippen MR) is 77.7 cm³/mol. The molecule has 0 saturated heterocycles. The summed E-state index contributed by atoms with van der Waals surface area (Å²) in [5.41, 5.74) is 1.30. The fourth-order valence-electron chi connectivity index (χ4n) is 2.13. The lowest BCUT2D eigenvalue weighted by Crippen LogP contribution is -2.31. The number of likely N-dealkylation sites (N-methyl/N-ethyl adjacent to an activating group) is 1. The first-order chi connectivity index (χ1) is 8.69. The van der Waals surface area contributed by atoms with E-state index in [2.05, 4.69) is 56.4 Å². The molecule has 0 bridgehead atoms. The third kappa shape index (κ3) is 4.79. The van der Waals surface area contributed by atoms with Gasteiger partial charge in [-0.25, -0.2) is 0 Å². The minimum atomic E-state index is 0.246. The van der Waals surface area contributed by atoms with Crippen LogP contribution in [0.3, 0.4) is 0 Å². The molecule has 0 saturated carbocycles. The Balaban J connectivity index is 2.60. The van der Waals surface area contributed by atoms with Gasteiger partial charge >= 0.3 is 0 Å². The monoisotopic (exact) mass is 249 g/mol. The fraction of sp³-hybridized carbons (Fsp3) is 0.625. The molecular weight excluding hydrogens is 222 g/mol. The molecule has 2 heteroatoms. The van der Waals surface area contributed by atoms with Gasteiger partial charge in [0.15, 0.2) is 0 Å². The maximum absolute atomic E-state index is 6.05. The molecule has 0 aliphatic rings. The molecule has 0 heterocycles. The lowest BCUT2D eigenvalue weighted by Gasteiger charge is -2.27. The van der Waals surface area contributed by atoms with Gasteiger partial charge in [0.2, 0.25) is 0 Å². The number of hydrogen-bond acceptors (Lipinski definition) is 2. The number of ether oxygens (including phenoxy) is 1. The summed E-state index contributed by atoms with van der Waals surface area (Å²) in [5, 5.41) is 3.38. The summed E-state index contributed by atoms with van der Waals surface area (Å²) in [6.45, 7) is 7.50. The van der Waals surface area contributed by atoms with E-state index in [9.17, 15) is 0 Å². The van der Waals surface area contributed by atoms with Gasteiger partial charge in [-0.3, -0.25) is 0 Å². The summed E-state index contributed by atoms with van der Waals surface area (Å²) in [4.78, 5) is 0. The van der Waals surface area contributed by atoms with Crippen LogP contribution >= 0.6 is 0 Å². The second kappa shape index (κ2) is 8.28. The number of nitrogens with one attached hydrogen (secondary N) is 1. The third-order valence-electron chi connectivity index (χ3n) is 3.27. The summed E-state index contributed by atoms with van der Waals surface area (Å²) in [6.07, 6.45) is 2.40. The Hall–Kier alpha value is -0.860. The van der Waals surface area contributed by atoms with E-state index in [1.807, 2.05) is 7.05 Å². The van der Waals surface area contributed by atoms with Crippen LogP contribution in [0.1, 0.15) is 45.2 Å². The van der Waals surface area contributed by atoms with Gasteiger partial charge in [-0.15, -0.1) is 0 Å². The maximum Gasteiger partial charge on any atom is 0.0767 e. The van der Waals surface area contributed by atoms with Crippen LogP contribution in [0.5, 0.6) is 0 Å². The van der Waals surface area contributed by atoms with Gasteiger partial charge in [-0.05, 0) is 31.4 Å². The van der Waals surface area contributed by atoms with Crippen molar-refractivity contribution in [3.05, 3.63) is 35.9 Å². The topological polar surface area (TPSA) is 21.3 Å². The van der Waals surface area contributed by atoms with Crippen molar-refractivity contribution in [3.8, 4) is 0 Å². The van der Waals surface area contributed by atoms with Crippen LogP contribution in [0.4, 0.5) is 0 Å². The lowest BCUT2D eigenvalue weighted by atomic mass is 9.99. The summed E-state index contributed by atoms with van der Waals surface area (Å²) < 4.78 is 6.05. The van der Waals surface area contributed by atoms with Gasteiger partial charge in [-0.1, -0.05) is 51.1 Å². The van der Waals surface area contributed by atoms with E-state index in [0.29, 0.717) is 5.92 Å². The third-order valence-corrected chi connectivity index (χ3v) is 3.27. The average molecular weight is 249 g/mol. The first-order valence-electron chi connectivity index (χ1n) is 7.02. The Morgan fingerprint density at radius 1 is 1.17 bits per heavy atom. The minimum absolute atomic E-state index is 0.246. The van der Waals surface area contributed by atoms with Crippen molar-refractivity contribution < 1.29 is 4.74 Å². The highest BCUT2D eigenvalue weighted by Crippen LogP contribution is 2.21. The molecule has 18 heavy (non-hydrogen) atoms. The van der Waals surface area contributed by atoms with Gasteiger partial charge in [0.1, 0.15) is 0 Å². The molecule has 0 aliphatic heterocycles. The van der Waals surface area contributed by atoms with Gasteiger partial charge in [0.25, 0.3) is 0 Å². The number of hydrogen-bond donors (Lipinski definition) is 1. The van der Waals surface area contributed by atoms with E-state index in [-0.39, 0.29) is 12.1 Å². The highest BCUT2D eigenvalue weighted by Gasteiger charge is 2.20. The summed E-state index contributed by atoms with van der Waals surface area (Å²) in [5.74, 6) is 0.701. The van der Waals surface area contributed by atoms with Crippen molar-refractivity contribution in [2.45, 2.75) is 45.8 Å². The van der Waals surface area contributed by atoms with Crippen molar-refractivity contribution in [3.63, 3.8) is 0 Å².